The minimum atomic E-state index is -0.247. The molecule has 0 heterocycles. The van der Waals surface area contributed by atoms with Crippen LogP contribution < -0.4 is 10.6 Å². The van der Waals surface area contributed by atoms with Gasteiger partial charge in [0.25, 0.3) is 0 Å². The van der Waals surface area contributed by atoms with E-state index >= 15 is 0 Å². The number of aliphatic hydroxyl groups is 1. The number of carbonyl (C=O) groups excluding carboxylic acids is 1. The fourth-order valence-corrected chi connectivity index (χ4v) is 2.92. The number of rotatable bonds is 5. The van der Waals surface area contributed by atoms with Crippen LogP contribution in [0.4, 0.5) is 5.69 Å². The molecule has 1 saturated carbocycles. The molecule has 1 amide bonds. The average molecular weight is 317 g/mol. The molecule has 0 aromatic heterocycles. The van der Waals surface area contributed by atoms with E-state index < -0.39 is 0 Å². The highest BCUT2D eigenvalue weighted by Gasteiger charge is 2.24. The monoisotopic (exact) mass is 316 g/mol. The summed E-state index contributed by atoms with van der Waals surface area (Å²) in [7, 11) is 0. The van der Waals surface area contributed by atoms with Gasteiger partial charge < -0.3 is 15.7 Å². The van der Waals surface area contributed by atoms with Crippen LogP contribution in [-0.2, 0) is 4.79 Å². The summed E-state index contributed by atoms with van der Waals surface area (Å²) in [5.74, 6) is 0.0409. The van der Waals surface area contributed by atoms with Gasteiger partial charge in [0, 0.05) is 6.54 Å². The first-order chi connectivity index (χ1) is 9.58. The van der Waals surface area contributed by atoms with Gasteiger partial charge in [-0.2, -0.15) is 0 Å². The summed E-state index contributed by atoms with van der Waals surface area (Å²) < 4.78 is 0. The third-order valence-electron chi connectivity index (χ3n) is 3.54. The van der Waals surface area contributed by atoms with Crippen LogP contribution in [0.1, 0.15) is 19.3 Å². The van der Waals surface area contributed by atoms with Crippen molar-refractivity contribution >= 4 is 34.8 Å². The summed E-state index contributed by atoms with van der Waals surface area (Å²) in [6, 6.07) is 5.07. The second kappa shape index (κ2) is 7.27. The van der Waals surface area contributed by atoms with E-state index in [0.717, 1.165) is 19.3 Å². The molecule has 110 valence electrons. The minimum Gasteiger partial charge on any atom is -0.393 e. The Hall–Kier alpha value is -0.810. The highest BCUT2D eigenvalue weighted by Crippen LogP contribution is 2.29. The maximum atomic E-state index is 11.8. The van der Waals surface area contributed by atoms with Crippen molar-refractivity contribution in [3.05, 3.63) is 28.2 Å². The quantitative estimate of drug-likeness (QED) is 0.782. The molecular weight excluding hydrogens is 299 g/mol. The van der Waals surface area contributed by atoms with E-state index in [1.807, 2.05) is 0 Å². The molecule has 2 unspecified atom stereocenters. The Bertz CT molecular complexity index is 462. The van der Waals surface area contributed by atoms with Gasteiger partial charge in [-0.15, -0.1) is 0 Å². The smallest absolute Gasteiger partial charge is 0.238 e. The normalized spacial score (nSPS) is 21.9. The topological polar surface area (TPSA) is 61.4 Å². The van der Waals surface area contributed by atoms with E-state index in [1.165, 1.54) is 0 Å². The van der Waals surface area contributed by atoms with Crippen molar-refractivity contribution in [3.8, 4) is 0 Å². The lowest BCUT2D eigenvalue weighted by molar-refractivity contribution is -0.115. The van der Waals surface area contributed by atoms with Crippen LogP contribution in [0.25, 0.3) is 0 Å². The number of hydrogen-bond donors (Lipinski definition) is 3. The molecular formula is C14H18Cl2N2O2. The lowest BCUT2D eigenvalue weighted by Crippen LogP contribution is -2.34. The van der Waals surface area contributed by atoms with Crippen LogP contribution in [0.5, 0.6) is 0 Å². The molecule has 3 N–H and O–H groups in total. The van der Waals surface area contributed by atoms with Gasteiger partial charge in [0.2, 0.25) is 5.91 Å². The lowest BCUT2D eigenvalue weighted by atomic mass is 10.1. The fourth-order valence-electron chi connectivity index (χ4n) is 2.43. The van der Waals surface area contributed by atoms with E-state index in [4.69, 9.17) is 23.2 Å². The molecule has 1 aliphatic carbocycles. The van der Waals surface area contributed by atoms with E-state index in [0.29, 0.717) is 22.3 Å². The number of anilines is 1. The van der Waals surface area contributed by atoms with Gasteiger partial charge in [0.1, 0.15) is 0 Å². The molecule has 4 nitrogen and oxygen atoms in total. The largest absolute Gasteiger partial charge is 0.393 e. The van der Waals surface area contributed by atoms with Crippen LogP contribution in [0.15, 0.2) is 18.2 Å². The Morgan fingerprint density at radius 3 is 2.60 bits per heavy atom. The third kappa shape index (κ3) is 4.09. The molecule has 2 atom stereocenters. The first-order valence-electron chi connectivity index (χ1n) is 6.70. The van der Waals surface area contributed by atoms with Crippen molar-refractivity contribution in [2.75, 3.05) is 18.4 Å². The molecule has 0 bridgehead atoms. The molecule has 0 radical (unpaired) electrons. The van der Waals surface area contributed by atoms with Crippen molar-refractivity contribution in [3.63, 3.8) is 0 Å². The summed E-state index contributed by atoms with van der Waals surface area (Å²) >= 11 is 12.0. The van der Waals surface area contributed by atoms with Crippen LogP contribution >= 0.6 is 23.2 Å². The number of carbonyl (C=O) groups is 1. The van der Waals surface area contributed by atoms with Gasteiger partial charge in [0.05, 0.1) is 28.4 Å². The zero-order chi connectivity index (χ0) is 14.5. The van der Waals surface area contributed by atoms with E-state index in [-0.39, 0.29) is 24.5 Å². The number of amides is 1. The Morgan fingerprint density at radius 1 is 1.30 bits per heavy atom. The summed E-state index contributed by atoms with van der Waals surface area (Å²) in [5, 5.41) is 16.3. The number of para-hydroxylation sites is 1. The summed E-state index contributed by atoms with van der Waals surface area (Å²) in [6.45, 7) is 0.815. The zero-order valence-electron chi connectivity index (χ0n) is 11.0. The van der Waals surface area contributed by atoms with Crippen molar-refractivity contribution in [2.45, 2.75) is 25.4 Å². The summed E-state index contributed by atoms with van der Waals surface area (Å²) in [6.07, 6.45) is 2.66. The number of hydrogen-bond acceptors (Lipinski definition) is 3. The first-order valence-corrected chi connectivity index (χ1v) is 7.46. The maximum absolute atomic E-state index is 11.8. The molecule has 2 rings (SSSR count). The van der Waals surface area contributed by atoms with Crippen LogP contribution in [0.2, 0.25) is 10.0 Å². The zero-order valence-corrected chi connectivity index (χ0v) is 12.5. The van der Waals surface area contributed by atoms with Crippen LogP contribution in [0, 0.1) is 5.92 Å². The molecule has 6 heteroatoms. The molecule has 20 heavy (non-hydrogen) atoms. The van der Waals surface area contributed by atoms with Gasteiger partial charge in [-0.1, -0.05) is 35.7 Å². The van der Waals surface area contributed by atoms with Gasteiger partial charge in [0.15, 0.2) is 0 Å². The van der Waals surface area contributed by atoms with Gasteiger partial charge >= 0.3 is 0 Å². The van der Waals surface area contributed by atoms with Gasteiger partial charge in [-0.25, -0.2) is 0 Å². The first kappa shape index (κ1) is 15.6. The van der Waals surface area contributed by atoms with Crippen molar-refractivity contribution in [1.82, 2.24) is 5.32 Å². The van der Waals surface area contributed by atoms with Crippen LogP contribution in [0.3, 0.4) is 0 Å². The average Bonchev–Trinajstić information content (AvgIpc) is 2.80. The molecule has 1 aromatic carbocycles. The second-order valence-electron chi connectivity index (χ2n) is 5.03. The highest BCUT2D eigenvalue weighted by molar-refractivity contribution is 6.39. The number of aliphatic hydroxyl groups excluding tert-OH is 1. The van der Waals surface area contributed by atoms with E-state index in [1.54, 1.807) is 18.2 Å². The summed E-state index contributed by atoms with van der Waals surface area (Å²) in [5.41, 5.74) is 0.434. The fraction of sp³-hybridized carbons (Fsp3) is 0.500. The third-order valence-corrected chi connectivity index (χ3v) is 4.17. The van der Waals surface area contributed by atoms with Crippen molar-refractivity contribution in [1.29, 1.82) is 0 Å². The molecule has 0 spiro atoms. The van der Waals surface area contributed by atoms with Gasteiger partial charge in [-0.3, -0.25) is 4.79 Å². The predicted octanol–water partition coefficient (Wildman–Crippen LogP) is 2.68. The molecule has 0 aliphatic heterocycles. The number of benzene rings is 1. The second-order valence-corrected chi connectivity index (χ2v) is 5.85. The van der Waals surface area contributed by atoms with E-state index in [2.05, 4.69) is 10.6 Å². The number of halogens is 2. The highest BCUT2D eigenvalue weighted by atomic mass is 35.5. The van der Waals surface area contributed by atoms with Gasteiger partial charge in [-0.05, 0) is 30.9 Å². The predicted molar refractivity (Wildman–Crippen MR) is 81.3 cm³/mol. The lowest BCUT2D eigenvalue weighted by Gasteiger charge is -2.15. The minimum absolute atomic E-state index is 0.171. The van der Waals surface area contributed by atoms with E-state index in [9.17, 15) is 9.90 Å². The standard InChI is InChI=1S/C14H18Cl2N2O2/c15-10-4-2-5-11(16)14(10)18-13(20)8-17-7-9-3-1-6-12(9)19/h2,4-5,9,12,17,19H,1,3,6-8H2,(H,18,20). The Kier molecular flexibility index (Phi) is 5.66. The Labute approximate surface area is 128 Å². The Balaban J connectivity index is 1.78. The molecule has 1 aromatic rings. The Morgan fingerprint density at radius 2 is 2.00 bits per heavy atom. The SMILES string of the molecule is O=C(CNCC1CCCC1O)Nc1c(Cl)cccc1Cl. The molecule has 1 fully saturated rings. The summed E-state index contributed by atoms with van der Waals surface area (Å²) in [4.78, 5) is 11.8. The maximum Gasteiger partial charge on any atom is 0.238 e. The number of nitrogens with one attached hydrogen (secondary N) is 2. The van der Waals surface area contributed by atoms with Crippen LogP contribution in [-0.4, -0.2) is 30.2 Å². The molecule has 0 saturated heterocycles. The molecule has 1 aliphatic rings. The van der Waals surface area contributed by atoms with Crippen molar-refractivity contribution in [2.24, 2.45) is 5.92 Å². The van der Waals surface area contributed by atoms with Crippen molar-refractivity contribution < 1.29 is 9.90 Å².